The molecule has 2 aromatic carbocycles. The van der Waals surface area contributed by atoms with Gasteiger partial charge in [-0.15, -0.1) is 10.2 Å². The molecular weight excluding hydrogens is 436 g/mol. The van der Waals surface area contributed by atoms with Crippen LogP contribution >= 0.6 is 39.3 Å². The van der Waals surface area contributed by atoms with Gasteiger partial charge >= 0.3 is 0 Å². The molecule has 0 atom stereocenters. The van der Waals surface area contributed by atoms with Gasteiger partial charge in [0.05, 0.1) is 5.71 Å². The first-order chi connectivity index (χ1) is 12.5. The molecule has 0 aliphatic rings. The summed E-state index contributed by atoms with van der Waals surface area (Å²) in [4.78, 5) is 0. The topological polar surface area (TPSA) is 81.1 Å². The van der Waals surface area contributed by atoms with Gasteiger partial charge in [-0.3, -0.25) is 0 Å². The maximum Gasteiger partial charge on any atom is 0.264 e. The van der Waals surface area contributed by atoms with E-state index in [1.165, 1.54) is 16.4 Å². The SMILES string of the molecule is C/C(=N\Nc1nnc(SCc2ccccc2Cl)n1N)c1ccc(Br)cc1. The maximum atomic E-state index is 6.17. The fraction of sp³-hybridized carbons (Fsp3) is 0.118. The number of hydrogen-bond donors (Lipinski definition) is 2. The summed E-state index contributed by atoms with van der Waals surface area (Å²) in [6.07, 6.45) is 0. The quantitative estimate of drug-likeness (QED) is 0.249. The smallest absolute Gasteiger partial charge is 0.264 e. The first-order valence-corrected chi connectivity index (χ1v) is 9.83. The molecule has 0 aliphatic heterocycles. The van der Waals surface area contributed by atoms with Crippen molar-refractivity contribution in [2.45, 2.75) is 17.8 Å². The predicted molar refractivity (Wildman–Crippen MR) is 111 cm³/mol. The van der Waals surface area contributed by atoms with Crippen molar-refractivity contribution >= 4 is 51.0 Å². The van der Waals surface area contributed by atoms with Crippen molar-refractivity contribution in [2.75, 3.05) is 11.3 Å². The van der Waals surface area contributed by atoms with Crippen molar-refractivity contribution < 1.29 is 0 Å². The lowest BCUT2D eigenvalue weighted by atomic mass is 10.1. The van der Waals surface area contributed by atoms with E-state index in [1.54, 1.807) is 0 Å². The lowest BCUT2D eigenvalue weighted by Crippen LogP contribution is -2.13. The fourth-order valence-electron chi connectivity index (χ4n) is 2.10. The molecule has 0 amide bonds. The maximum absolute atomic E-state index is 6.17. The van der Waals surface area contributed by atoms with E-state index >= 15 is 0 Å². The normalized spacial score (nSPS) is 11.6. The lowest BCUT2D eigenvalue weighted by Gasteiger charge is -2.05. The molecule has 0 fully saturated rings. The van der Waals surface area contributed by atoms with Crippen LogP contribution in [0.1, 0.15) is 18.1 Å². The van der Waals surface area contributed by atoms with Crippen molar-refractivity contribution in [3.63, 3.8) is 0 Å². The highest BCUT2D eigenvalue weighted by atomic mass is 79.9. The molecule has 6 nitrogen and oxygen atoms in total. The number of anilines is 1. The largest absolute Gasteiger partial charge is 0.334 e. The molecule has 3 N–H and O–H groups in total. The van der Waals surface area contributed by atoms with E-state index in [9.17, 15) is 0 Å². The molecule has 9 heteroatoms. The average Bonchev–Trinajstić information content (AvgIpc) is 2.99. The van der Waals surface area contributed by atoms with Gasteiger partial charge in [0.1, 0.15) is 0 Å². The highest BCUT2D eigenvalue weighted by Crippen LogP contribution is 2.25. The number of rotatable bonds is 6. The van der Waals surface area contributed by atoms with Crippen molar-refractivity contribution in [1.29, 1.82) is 0 Å². The van der Waals surface area contributed by atoms with Crippen LogP contribution in [-0.4, -0.2) is 20.6 Å². The monoisotopic (exact) mass is 450 g/mol. The molecule has 0 unspecified atom stereocenters. The zero-order valence-corrected chi connectivity index (χ0v) is 17.0. The van der Waals surface area contributed by atoms with Crippen molar-refractivity contribution in [3.8, 4) is 0 Å². The van der Waals surface area contributed by atoms with E-state index in [-0.39, 0.29) is 0 Å². The molecule has 26 heavy (non-hydrogen) atoms. The molecule has 0 spiro atoms. The predicted octanol–water partition coefficient (Wildman–Crippen LogP) is 4.54. The number of thioether (sulfide) groups is 1. The van der Waals surface area contributed by atoms with Gasteiger partial charge in [0, 0.05) is 15.2 Å². The third-order valence-electron chi connectivity index (χ3n) is 3.56. The summed E-state index contributed by atoms with van der Waals surface area (Å²) >= 11 is 11.0. The Bertz CT molecular complexity index is 925. The molecule has 134 valence electrons. The van der Waals surface area contributed by atoms with Crippen molar-refractivity contribution in [2.24, 2.45) is 5.10 Å². The third kappa shape index (κ3) is 4.57. The van der Waals surface area contributed by atoms with E-state index in [0.717, 1.165) is 26.3 Å². The number of nitrogen functional groups attached to an aromatic ring is 1. The van der Waals surface area contributed by atoms with E-state index in [0.29, 0.717) is 16.9 Å². The first kappa shape index (κ1) is 18.8. The Morgan fingerprint density at radius 1 is 1.23 bits per heavy atom. The van der Waals surface area contributed by atoms with Gasteiger partial charge in [-0.1, -0.05) is 69.6 Å². The van der Waals surface area contributed by atoms with Gasteiger partial charge in [-0.05, 0) is 36.2 Å². The zero-order chi connectivity index (χ0) is 18.5. The number of nitrogens with two attached hydrogens (primary N) is 1. The van der Waals surface area contributed by atoms with Gasteiger partial charge in [0.2, 0.25) is 5.16 Å². The second-order valence-electron chi connectivity index (χ2n) is 5.37. The summed E-state index contributed by atoms with van der Waals surface area (Å²) in [6.45, 7) is 1.90. The van der Waals surface area contributed by atoms with Gasteiger partial charge in [-0.25, -0.2) is 10.1 Å². The number of halogens is 2. The summed E-state index contributed by atoms with van der Waals surface area (Å²) < 4.78 is 2.39. The van der Waals surface area contributed by atoms with E-state index in [2.05, 4.69) is 36.7 Å². The molecule has 0 saturated heterocycles. The number of aromatic nitrogens is 3. The molecule has 0 aliphatic carbocycles. The molecule has 3 aromatic rings. The van der Waals surface area contributed by atoms with Crippen LogP contribution in [0.2, 0.25) is 5.02 Å². The van der Waals surface area contributed by atoms with E-state index in [4.69, 9.17) is 17.4 Å². The molecule has 1 aromatic heterocycles. The van der Waals surface area contributed by atoms with Gasteiger partial charge in [0.25, 0.3) is 5.95 Å². The summed E-state index contributed by atoms with van der Waals surface area (Å²) in [5, 5.41) is 13.7. The third-order valence-corrected chi connectivity index (χ3v) is 5.45. The van der Waals surface area contributed by atoms with Crippen LogP contribution in [0.15, 0.2) is 63.3 Å². The Kier molecular flexibility index (Phi) is 6.18. The number of nitrogens with one attached hydrogen (secondary N) is 1. The first-order valence-electron chi connectivity index (χ1n) is 7.67. The van der Waals surface area contributed by atoms with E-state index in [1.807, 2.05) is 55.5 Å². The molecule has 0 radical (unpaired) electrons. The summed E-state index contributed by atoms with van der Waals surface area (Å²) in [5.41, 5.74) is 5.68. The minimum Gasteiger partial charge on any atom is -0.334 e. The lowest BCUT2D eigenvalue weighted by molar-refractivity contribution is 0.846. The van der Waals surface area contributed by atoms with Crippen LogP contribution in [0.25, 0.3) is 0 Å². The Morgan fingerprint density at radius 2 is 1.96 bits per heavy atom. The summed E-state index contributed by atoms with van der Waals surface area (Å²) in [7, 11) is 0. The van der Waals surface area contributed by atoms with Gasteiger partial charge in [-0.2, -0.15) is 5.10 Å². The minimum absolute atomic E-state index is 0.364. The molecule has 3 rings (SSSR count). The number of hydrazone groups is 1. The molecule has 0 bridgehead atoms. The van der Waals surface area contributed by atoms with Crippen LogP contribution in [0.3, 0.4) is 0 Å². The summed E-state index contributed by atoms with van der Waals surface area (Å²) in [5.74, 6) is 7.06. The van der Waals surface area contributed by atoms with Crippen LogP contribution in [0.4, 0.5) is 5.95 Å². The number of hydrogen-bond acceptors (Lipinski definition) is 6. The van der Waals surface area contributed by atoms with Crippen LogP contribution in [0, 0.1) is 0 Å². The highest BCUT2D eigenvalue weighted by Gasteiger charge is 2.11. The molecule has 1 heterocycles. The number of benzene rings is 2. The second-order valence-corrected chi connectivity index (χ2v) is 7.64. The highest BCUT2D eigenvalue weighted by molar-refractivity contribution is 9.10. The average molecular weight is 452 g/mol. The van der Waals surface area contributed by atoms with Crippen LogP contribution in [0.5, 0.6) is 0 Å². The zero-order valence-electron chi connectivity index (χ0n) is 13.9. The molecular formula is C17H16BrClN6S. The Balaban J connectivity index is 1.66. The van der Waals surface area contributed by atoms with Crippen molar-refractivity contribution in [3.05, 3.63) is 69.2 Å². The second kappa shape index (κ2) is 8.57. The van der Waals surface area contributed by atoms with E-state index < -0.39 is 0 Å². The standard InChI is InChI=1S/C17H16BrClN6S/c1-11(12-6-8-14(18)9-7-12)21-22-16-23-24-17(25(16)20)26-10-13-4-2-3-5-15(13)19/h2-9H,10,20H2,1H3,(H,22,23)/b21-11+. The Hall–Kier alpha value is -2.03. The van der Waals surface area contributed by atoms with Crippen molar-refractivity contribution in [1.82, 2.24) is 14.9 Å². The van der Waals surface area contributed by atoms with Gasteiger partial charge in [0.15, 0.2) is 0 Å². The molecule has 0 saturated carbocycles. The van der Waals surface area contributed by atoms with Crippen LogP contribution in [-0.2, 0) is 5.75 Å². The fourth-order valence-corrected chi connectivity index (χ4v) is 3.51. The Morgan fingerprint density at radius 3 is 2.69 bits per heavy atom. The van der Waals surface area contributed by atoms with Gasteiger partial charge < -0.3 is 5.84 Å². The number of nitrogens with zero attached hydrogens (tertiary/aromatic N) is 4. The summed E-state index contributed by atoms with van der Waals surface area (Å²) in [6, 6.07) is 15.5. The Labute approximate surface area is 168 Å². The van der Waals surface area contributed by atoms with Crippen LogP contribution < -0.4 is 11.3 Å². The minimum atomic E-state index is 0.364.